The van der Waals surface area contributed by atoms with Crippen LogP contribution in [0.25, 0.3) is 5.65 Å². The third-order valence-electron chi connectivity index (χ3n) is 3.00. The fraction of sp³-hybridized carbons (Fsp3) is 0.133. The number of rotatable bonds is 4. The third kappa shape index (κ3) is 2.69. The van der Waals surface area contributed by atoms with Gasteiger partial charge in [-0.2, -0.15) is 0 Å². The molecule has 3 heterocycles. The molecule has 0 fully saturated rings. The maximum Gasteiger partial charge on any atom is 0.358 e. The number of carbonyl (C=O) groups is 1. The molecule has 3 aromatic rings. The van der Waals surface area contributed by atoms with Gasteiger partial charge in [0, 0.05) is 18.6 Å². The second-order valence-electron chi connectivity index (χ2n) is 4.65. The lowest BCUT2D eigenvalue weighted by molar-refractivity contribution is 0.0684. The first-order chi connectivity index (χ1) is 10.1. The highest BCUT2D eigenvalue weighted by atomic mass is 16.5. The van der Waals surface area contributed by atoms with Crippen molar-refractivity contribution in [1.29, 1.82) is 0 Å². The number of fused-ring (bicyclic) bond motifs is 1. The average molecular weight is 283 g/mol. The minimum absolute atomic E-state index is 0.0999. The molecule has 0 bridgehead atoms. The summed E-state index contributed by atoms with van der Waals surface area (Å²) in [6.45, 7) is 2.19. The van der Waals surface area contributed by atoms with E-state index in [1.807, 2.05) is 35.9 Å². The van der Waals surface area contributed by atoms with Crippen molar-refractivity contribution in [2.45, 2.75) is 13.5 Å². The van der Waals surface area contributed by atoms with Crippen molar-refractivity contribution in [1.82, 2.24) is 14.4 Å². The number of hydrogen-bond acceptors (Lipinski definition) is 4. The Labute approximate surface area is 120 Å². The summed E-state index contributed by atoms with van der Waals surface area (Å²) < 4.78 is 7.44. The molecule has 0 amide bonds. The SMILES string of the molecule is Cc1ccc2nc(COc3cccnc3C(=O)O)cn2c1. The van der Waals surface area contributed by atoms with E-state index in [-0.39, 0.29) is 18.1 Å². The summed E-state index contributed by atoms with van der Waals surface area (Å²) >= 11 is 0. The van der Waals surface area contributed by atoms with Crippen molar-refractivity contribution < 1.29 is 14.6 Å². The number of carboxylic acids is 1. The van der Waals surface area contributed by atoms with E-state index in [4.69, 9.17) is 9.84 Å². The van der Waals surface area contributed by atoms with E-state index in [0.29, 0.717) is 0 Å². The van der Waals surface area contributed by atoms with Crippen LogP contribution in [0.2, 0.25) is 0 Å². The van der Waals surface area contributed by atoms with Gasteiger partial charge in [0.1, 0.15) is 12.3 Å². The molecule has 106 valence electrons. The zero-order valence-corrected chi connectivity index (χ0v) is 11.4. The Bertz CT molecular complexity index is 811. The van der Waals surface area contributed by atoms with Crippen LogP contribution in [-0.4, -0.2) is 25.4 Å². The van der Waals surface area contributed by atoms with E-state index < -0.39 is 5.97 Å². The lowest BCUT2D eigenvalue weighted by Gasteiger charge is -2.06. The molecule has 3 aromatic heterocycles. The fourth-order valence-electron chi connectivity index (χ4n) is 2.04. The van der Waals surface area contributed by atoms with Crippen LogP contribution in [0.1, 0.15) is 21.7 Å². The quantitative estimate of drug-likeness (QED) is 0.795. The summed E-state index contributed by atoms with van der Waals surface area (Å²) in [4.78, 5) is 19.3. The van der Waals surface area contributed by atoms with Crippen molar-refractivity contribution in [3.63, 3.8) is 0 Å². The molecule has 0 aromatic carbocycles. The highest BCUT2D eigenvalue weighted by Gasteiger charge is 2.12. The maximum atomic E-state index is 11.0. The first kappa shape index (κ1) is 13.1. The second-order valence-corrected chi connectivity index (χ2v) is 4.65. The van der Waals surface area contributed by atoms with Crippen LogP contribution in [0.4, 0.5) is 0 Å². The number of aromatic carboxylic acids is 1. The molecule has 0 radical (unpaired) electrons. The predicted molar refractivity (Wildman–Crippen MR) is 75.5 cm³/mol. The van der Waals surface area contributed by atoms with Gasteiger partial charge in [-0.05, 0) is 30.7 Å². The van der Waals surface area contributed by atoms with Crippen molar-refractivity contribution in [2.24, 2.45) is 0 Å². The summed E-state index contributed by atoms with van der Waals surface area (Å²) in [6, 6.07) is 7.12. The van der Waals surface area contributed by atoms with E-state index in [0.717, 1.165) is 16.9 Å². The maximum absolute atomic E-state index is 11.0. The number of aryl methyl sites for hydroxylation is 1. The summed E-state index contributed by atoms with van der Waals surface area (Å²) in [7, 11) is 0. The monoisotopic (exact) mass is 283 g/mol. The molecule has 0 spiro atoms. The number of nitrogens with zero attached hydrogens (tertiary/aromatic N) is 3. The molecule has 0 aliphatic heterocycles. The zero-order chi connectivity index (χ0) is 14.8. The Kier molecular flexibility index (Phi) is 3.27. The fourth-order valence-corrected chi connectivity index (χ4v) is 2.04. The zero-order valence-electron chi connectivity index (χ0n) is 11.4. The van der Waals surface area contributed by atoms with Crippen molar-refractivity contribution >= 4 is 11.6 Å². The molecule has 6 nitrogen and oxygen atoms in total. The molecule has 1 N–H and O–H groups in total. The number of ether oxygens (including phenoxy) is 1. The van der Waals surface area contributed by atoms with Gasteiger partial charge < -0.3 is 14.2 Å². The Morgan fingerprint density at radius 1 is 1.33 bits per heavy atom. The minimum Gasteiger partial charge on any atom is -0.485 e. The molecule has 0 aliphatic rings. The average Bonchev–Trinajstić information content (AvgIpc) is 2.87. The van der Waals surface area contributed by atoms with Crippen molar-refractivity contribution in [3.8, 4) is 5.75 Å². The van der Waals surface area contributed by atoms with Crippen LogP contribution >= 0.6 is 0 Å². The smallest absolute Gasteiger partial charge is 0.358 e. The van der Waals surface area contributed by atoms with Crippen molar-refractivity contribution in [3.05, 3.63) is 59.8 Å². The largest absolute Gasteiger partial charge is 0.485 e. The van der Waals surface area contributed by atoms with E-state index in [9.17, 15) is 4.79 Å². The summed E-state index contributed by atoms with van der Waals surface area (Å²) in [6.07, 6.45) is 5.25. The topological polar surface area (TPSA) is 76.7 Å². The van der Waals surface area contributed by atoms with E-state index in [1.165, 1.54) is 6.20 Å². The number of hydrogen-bond donors (Lipinski definition) is 1. The minimum atomic E-state index is -1.11. The third-order valence-corrected chi connectivity index (χ3v) is 3.00. The van der Waals surface area contributed by atoms with Crippen LogP contribution in [0.5, 0.6) is 5.75 Å². The molecule has 0 unspecified atom stereocenters. The summed E-state index contributed by atoms with van der Waals surface area (Å²) in [5.74, 6) is -0.880. The molecular weight excluding hydrogens is 270 g/mol. The standard InChI is InChI=1S/C15H13N3O3/c1-10-4-5-13-17-11(8-18(13)7-10)9-21-12-3-2-6-16-14(12)15(19)20/h2-8H,9H2,1H3,(H,19,20). The Hall–Kier alpha value is -2.89. The van der Waals surface area contributed by atoms with E-state index in [2.05, 4.69) is 9.97 Å². The van der Waals surface area contributed by atoms with Gasteiger partial charge in [-0.3, -0.25) is 0 Å². The van der Waals surface area contributed by atoms with Gasteiger partial charge in [0.25, 0.3) is 0 Å². The Morgan fingerprint density at radius 2 is 2.19 bits per heavy atom. The summed E-state index contributed by atoms with van der Waals surface area (Å²) in [5.41, 5.74) is 2.58. The number of aromatic nitrogens is 3. The van der Waals surface area contributed by atoms with Crippen molar-refractivity contribution in [2.75, 3.05) is 0 Å². The predicted octanol–water partition coefficient (Wildman–Crippen LogP) is 2.31. The van der Waals surface area contributed by atoms with Gasteiger partial charge in [0.15, 0.2) is 11.4 Å². The first-order valence-electron chi connectivity index (χ1n) is 6.39. The first-order valence-corrected chi connectivity index (χ1v) is 6.39. The normalized spacial score (nSPS) is 10.7. The van der Waals surface area contributed by atoms with E-state index in [1.54, 1.807) is 12.1 Å². The Balaban J connectivity index is 1.82. The van der Waals surface area contributed by atoms with Gasteiger partial charge in [-0.25, -0.2) is 14.8 Å². The molecule has 0 aliphatic carbocycles. The summed E-state index contributed by atoms with van der Waals surface area (Å²) in [5, 5.41) is 9.05. The van der Waals surface area contributed by atoms with Crippen LogP contribution < -0.4 is 4.74 Å². The molecule has 0 atom stereocenters. The lowest BCUT2D eigenvalue weighted by Crippen LogP contribution is -2.05. The molecule has 0 saturated heterocycles. The van der Waals surface area contributed by atoms with E-state index >= 15 is 0 Å². The molecule has 6 heteroatoms. The highest BCUT2D eigenvalue weighted by molar-refractivity contribution is 5.88. The second kappa shape index (κ2) is 5.24. The van der Waals surface area contributed by atoms with Crippen LogP contribution in [0.3, 0.4) is 0 Å². The van der Waals surface area contributed by atoms with Gasteiger partial charge in [-0.1, -0.05) is 6.07 Å². The van der Waals surface area contributed by atoms with Gasteiger partial charge >= 0.3 is 5.97 Å². The van der Waals surface area contributed by atoms with Crippen LogP contribution in [-0.2, 0) is 6.61 Å². The molecule has 21 heavy (non-hydrogen) atoms. The Morgan fingerprint density at radius 3 is 3.00 bits per heavy atom. The van der Waals surface area contributed by atoms with Gasteiger partial charge in [-0.15, -0.1) is 0 Å². The van der Waals surface area contributed by atoms with Gasteiger partial charge in [0.2, 0.25) is 0 Å². The molecule has 3 rings (SSSR count). The van der Waals surface area contributed by atoms with Gasteiger partial charge in [0.05, 0.1) is 5.69 Å². The number of carboxylic acid groups (broad SMARTS) is 1. The number of imidazole rings is 1. The number of pyridine rings is 2. The lowest BCUT2D eigenvalue weighted by atomic mass is 10.3. The van der Waals surface area contributed by atoms with Crippen LogP contribution in [0, 0.1) is 6.92 Å². The van der Waals surface area contributed by atoms with Crippen LogP contribution in [0.15, 0.2) is 42.9 Å². The molecular formula is C15H13N3O3. The highest BCUT2D eigenvalue weighted by Crippen LogP contribution is 2.17. The molecule has 0 saturated carbocycles.